The molecule has 1 fully saturated rings. The number of benzene rings is 2. The number of hydrogen-bond donors (Lipinski definition) is 0. The summed E-state index contributed by atoms with van der Waals surface area (Å²) < 4.78 is 0. The Balaban J connectivity index is 1.72. The van der Waals surface area contributed by atoms with Crippen molar-refractivity contribution < 1.29 is 0 Å². The minimum absolute atomic E-state index is 0.911. The molecule has 3 heteroatoms. The molecule has 2 aromatic carbocycles. The van der Waals surface area contributed by atoms with Crippen molar-refractivity contribution in [1.82, 2.24) is 4.98 Å². The highest BCUT2D eigenvalue weighted by atomic mass is 15.4. The van der Waals surface area contributed by atoms with Gasteiger partial charge in [0.05, 0.1) is 18.1 Å². The van der Waals surface area contributed by atoms with E-state index in [1.54, 1.807) is 0 Å². The summed E-state index contributed by atoms with van der Waals surface area (Å²) in [6, 6.07) is 15.3. The van der Waals surface area contributed by atoms with Crippen LogP contribution in [-0.2, 0) is 0 Å². The fourth-order valence-corrected chi connectivity index (χ4v) is 4.72. The summed E-state index contributed by atoms with van der Waals surface area (Å²) in [5, 5.41) is 0. The van der Waals surface area contributed by atoms with Gasteiger partial charge in [0.15, 0.2) is 0 Å². The third-order valence-corrected chi connectivity index (χ3v) is 5.63. The molecular formula is C25H29N3. The summed E-state index contributed by atoms with van der Waals surface area (Å²) in [6.45, 7) is 14.0. The molecule has 144 valence electrons. The first-order valence-electron chi connectivity index (χ1n) is 10.0. The van der Waals surface area contributed by atoms with E-state index in [-0.39, 0.29) is 0 Å². The van der Waals surface area contributed by atoms with Crippen LogP contribution in [-0.4, -0.2) is 24.7 Å². The molecule has 4 rings (SSSR count). The van der Waals surface area contributed by atoms with E-state index in [9.17, 15) is 0 Å². The van der Waals surface area contributed by atoms with Gasteiger partial charge >= 0.3 is 0 Å². The lowest BCUT2D eigenvalue weighted by Gasteiger charge is -2.27. The van der Waals surface area contributed by atoms with Crippen molar-refractivity contribution >= 4 is 11.4 Å². The van der Waals surface area contributed by atoms with Crippen LogP contribution < -0.4 is 9.80 Å². The van der Waals surface area contributed by atoms with E-state index in [0.29, 0.717) is 0 Å². The first-order valence-corrected chi connectivity index (χ1v) is 10.0. The smallest absolute Gasteiger partial charge is 0.0904 e. The number of nitrogens with zero attached hydrogens (tertiary/aromatic N) is 3. The average molecular weight is 372 g/mol. The van der Waals surface area contributed by atoms with Gasteiger partial charge in [-0.2, -0.15) is 0 Å². The van der Waals surface area contributed by atoms with Gasteiger partial charge in [-0.3, -0.25) is 4.98 Å². The molecule has 3 nitrogen and oxygen atoms in total. The number of anilines is 2. The third kappa shape index (κ3) is 3.37. The Morgan fingerprint density at radius 1 is 0.714 bits per heavy atom. The highest BCUT2D eigenvalue weighted by Gasteiger charge is 2.26. The first-order chi connectivity index (χ1) is 13.4. The second-order valence-corrected chi connectivity index (χ2v) is 8.11. The Hall–Kier alpha value is -2.81. The third-order valence-electron chi connectivity index (χ3n) is 5.63. The minimum Gasteiger partial charge on any atom is -0.352 e. The van der Waals surface area contributed by atoms with Crippen molar-refractivity contribution in [3.05, 3.63) is 76.5 Å². The zero-order valence-corrected chi connectivity index (χ0v) is 17.6. The van der Waals surface area contributed by atoms with E-state index < -0.39 is 0 Å². The Morgan fingerprint density at radius 2 is 1.29 bits per heavy atom. The van der Waals surface area contributed by atoms with Gasteiger partial charge in [0.25, 0.3) is 0 Å². The highest BCUT2D eigenvalue weighted by molar-refractivity contribution is 5.80. The van der Waals surface area contributed by atoms with Crippen LogP contribution in [0.1, 0.15) is 27.8 Å². The van der Waals surface area contributed by atoms with Crippen LogP contribution in [0, 0.1) is 34.6 Å². The molecule has 0 unspecified atom stereocenters. The molecule has 0 bridgehead atoms. The van der Waals surface area contributed by atoms with Gasteiger partial charge in [0.2, 0.25) is 0 Å². The van der Waals surface area contributed by atoms with Crippen LogP contribution in [0.4, 0.5) is 11.4 Å². The van der Waals surface area contributed by atoms with E-state index >= 15 is 0 Å². The van der Waals surface area contributed by atoms with Gasteiger partial charge in [-0.15, -0.1) is 0 Å². The zero-order chi connectivity index (χ0) is 19.8. The van der Waals surface area contributed by atoms with E-state index in [4.69, 9.17) is 0 Å². The maximum Gasteiger partial charge on any atom is 0.0904 e. The molecule has 1 aliphatic rings. The normalized spacial score (nSPS) is 14.0. The molecule has 0 amide bonds. The standard InChI is InChI=1S/C25H29N3/c1-17-12-19(3)24(20(4)13-17)27-10-11-28(16-27)25-21(5)14-18(2)15-22(25)23-8-6-7-9-26-23/h6-9,12-15H,10-11,16H2,1-5H3. The SMILES string of the molecule is Cc1cc(C)c(N2CCN(c3c(C)cc(C)cc3-c3ccccn3)C2)c(C)c1. The van der Waals surface area contributed by atoms with Crippen LogP contribution in [0.2, 0.25) is 0 Å². The molecule has 0 spiro atoms. The fourth-order valence-electron chi connectivity index (χ4n) is 4.72. The van der Waals surface area contributed by atoms with Crippen LogP contribution >= 0.6 is 0 Å². The maximum atomic E-state index is 4.64. The second-order valence-electron chi connectivity index (χ2n) is 8.11. The Labute approximate surface area is 168 Å². The highest BCUT2D eigenvalue weighted by Crippen LogP contribution is 2.37. The monoisotopic (exact) mass is 371 g/mol. The van der Waals surface area contributed by atoms with Crippen molar-refractivity contribution in [1.29, 1.82) is 0 Å². The Kier molecular flexibility index (Phi) is 4.84. The van der Waals surface area contributed by atoms with Crippen LogP contribution in [0.15, 0.2) is 48.7 Å². The predicted octanol–water partition coefficient (Wildman–Crippen LogP) is 5.57. The molecule has 0 aliphatic carbocycles. The summed E-state index contributed by atoms with van der Waals surface area (Å²) in [5.74, 6) is 0. The quantitative estimate of drug-likeness (QED) is 0.599. The van der Waals surface area contributed by atoms with Crippen molar-refractivity contribution in [3.63, 3.8) is 0 Å². The minimum atomic E-state index is 0.911. The number of hydrogen-bond acceptors (Lipinski definition) is 3. The lowest BCUT2D eigenvalue weighted by Crippen LogP contribution is -2.27. The number of pyridine rings is 1. The van der Waals surface area contributed by atoms with Crippen LogP contribution in [0.3, 0.4) is 0 Å². The topological polar surface area (TPSA) is 19.4 Å². The summed E-state index contributed by atoms with van der Waals surface area (Å²) in [4.78, 5) is 9.67. The molecule has 28 heavy (non-hydrogen) atoms. The summed E-state index contributed by atoms with van der Waals surface area (Å²) in [6.07, 6.45) is 1.88. The molecule has 1 saturated heterocycles. The zero-order valence-electron chi connectivity index (χ0n) is 17.6. The van der Waals surface area contributed by atoms with Gasteiger partial charge in [-0.05, 0) is 69.5 Å². The van der Waals surface area contributed by atoms with E-state index in [1.165, 1.54) is 44.8 Å². The average Bonchev–Trinajstić information content (AvgIpc) is 3.10. The molecule has 0 atom stereocenters. The fraction of sp³-hybridized carbons (Fsp3) is 0.320. The molecule has 1 aliphatic heterocycles. The molecular weight excluding hydrogens is 342 g/mol. The Morgan fingerprint density at radius 3 is 1.89 bits per heavy atom. The van der Waals surface area contributed by atoms with Gasteiger partial charge in [0, 0.05) is 30.5 Å². The van der Waals surface area contributed by atoms with Gasteiger partial charge in [0.1, 0.15) is 0 Å². The van der Waals surface area contributed by atoms with Crippen molar-refractivity contribution in [2.45, 2.75) is 34.6 Å². The van der Waals surface area contributed by atoms with Crippen molar-refractivity contribution in [3.8, 4) is 11.3 Å². The van der Waals surface area contributed by atoms with E-state index in [0.717, 1.165) is 25.5 Å². The summed E-state index contributed by atoms with van der Waals surface area (Å²) in [5.41, 5.74) is 11.6. The first kappa shape index (κ1) is 18.5. The van der Waals surface area contributed by atoms with Crippen LogP contribution in [0.5, 0.6) is 0 Å². The summed E-state index contributed by atoms with van der Waals surface area (Å²) in [7, 11) is 0. The Bertz CT molecular complexity index is 985. The van der Waals surface area contributed by atoms with Crippen LogP contribution in [0.25, 0.3) is 11.3 Å². The van der Waals surface area contributed by atoms with E-state index in [2.05, 4.69) is 85.8 Å². The number of aryl methyl sites for hydroxylation is 5. The molecule has 3 aromatic rings. The number of rotatable bonds is 3. The second kappa shape index (κ2) is 7.31. The molecule has 2 heterocycles. The van der Waals surface area contributed by atoms with Gasteiger partial charge in [-0.1, -0.05) is 35.4 Å². The number of aromatic nitrogens is 1. The largest absolute Gasteiger partial charge is 0.352 e. The van der Waals surface area contributed by atoms with E-state index in [1.807, 2.05) is 12.3 Å². The van der Waals surface area contributed by atoms with Gasteiger partial charge < -0.3 is 9.80 Å². The molecule has 0 radical (unpaired) electrons. The summed E-state index contributed by atoms with van der Waals surface area (Å²) >= 11 is 0. The molecule has 1 aromatic heterocycles. The predicted molar refractivity (Wildman–Crippen MR) is 119 cm³/mol. The molecule has 0 saturated carbocycles. The van der Waals surface area contributed by atoms with Crippen molar-refractivity contribution in [2.24, 2.45) is 0 Å². The lowest BCUT2D eigenvalue weighted by molar-refractivity contribution is 0.935. The van der Waals surface area contributed by atoms with Gasteiger partial charge in [-0.25, -0.2) is 0 Å². The maximum absolute atomic E-state index is 4.64. The van der Waals surface area contributed by atoms with Crippen molar-refractivity contribution in [2.75, 3.05) is 29.6 Å². The molecule has 0 N–H and O–H groups in total. The lowest BCUT2D eigenvalue weighted by atomic mass is 10.0.